The van der Waals surface area contributed by atoms with Crippen molar-refractivity contribution >= 4 is 18.0 Å². The maximum Gasteiger partial charge on any atom is 0.335 e. The Bertz CT molecular complexity index is 363. The third kappa shape index (κ3) is 11.9. The summed E-state index contributed by atoms with van der Waals surface area (Å²) in [4.78, 5) is 30.9. The zero-order valence-corrected chi connectivity index (χ0v) is 11.2. The average Bonchev–Trinajstić information content (AvgIpc) is 2.35. The molecule has 19 heavy (non-hydrogen) atoms. The van der Waals surface area contributed by atoms with Crippen LogP contribution in [0.4, 0.5) is 4.79 Å². The highest BCUT2D eigenvalue weighted by molar-refractivity contribution is 5.89. The molecular formula is C12H20N2O5. The van der Waals surface area contributed by atoms with E-state index in [0.29, 0.717) is 6.42 Å². The van der Waals surface area contributed by atoms with Crippen LogP contribution in [0, 0.1) is 0 Å². The number of carboxylic acids is 1. The van der Waals surface area contributed by atoms with Gasteiger partial charge in [-0.2, -0.15) is 0 Å². The van der Waals surface area contributed by atoms with Crippen molar-refractivity contribution < 1.29 is 24.2 Å². The number of primary amides is 1. The molecule has 0 radical (unpaired) electrons. The lowest BCUT2D eigenvalue weighted by molar-refractivity contribution is -0.138. The van der Waals surface area contributed by atoms with Crippen molar-refractivity contribution in [3.8, 4) is 0 Å². The third-order valence-corrected chi connectivity index (χ3v) is 1.77. The standard InChI is InChI=1S/C7H12N2O3.C5H8O2/c1-3-12-6(10)5(2)4-9-7(8)11;1-3-4(2)5(6)7/h2-4H2,1H3,(H3,8,9,11);2-3H2,1H3,(H,6,7). The van der Waals surface area contributed by atoms with E-state index in [0.717, 1.165) is 0 Å². The molecule has 0 aromatic rings. The van der Waals surface area contributed by atoms with Crippen LogP contribution in [-0.2, 0) is 14.3 Å². The average molecular weight is 272 g/mol. The number of hydrogen-bond acceptors (Lipinski definition) is 4. The second-order valence-electron chi connectivity index (χ2n) is 3.30. The number of urea groups is 1. The summed E-state index contributed by atoms with van der Waals surface area (Å²) in [6, 6.07) is -0.694. The molecule has 0 saturated heterocycles. The van der Waals surface area contributed by atoms with E-state index in [1.807, 2.05) is 0 Å². The van der Waals surface area contributed by atoms with Gasteiger partial charge in [0.15, 0.2) is 0 Å². The van der Waals surface area contributed by atoms with E-state index in [9.17, 15) is 14.4 Å². The summed E-state index contributed by atoms with van der Waals surface area (Å²) in [5.74, 6) is -1.42. The van der Waals surface area contributed by atoms with Crippen LogP contribution in [0.15, 0.2) is 24.3 Å². The quantitative estimate of drug-likeness (QED) is 0.488. The lowest BCUT2D eigenvalue weighted by Gasteiger charge is -2.04. The van der Waals surface area contributed by atoms with Crippen molar-refractivity contribution in [3.63, 3.8) is 0 Å². The Kier molecular flexibility index (Phi) is 10.8. The first kappa shape index (κ1) is 19.0. The third-order valence-electron chi connectivity index (χ3n) is 1.77. The van der Waals surface area contributed by atoms with Crippen molar-refractivity contribution in [1.29, 1.82) is 0 Å². The van der Waals surface area contributed by atoms with E-state index in [2.05, 4.69) is 23.2 Å². The smallest absolute Gasteiger partial charge is 0.335 e. The molecular weight excluding hydrogens is 252 g/mol. The molecule has 7 heteroatoms. The van der Waals surface area contributed by atoms with Crippen LogP contribution in [0.25, 0.3) is 0 Å². The molecule has 0 aliphatic carbocycles. The molecule has 0 unspecified atom stereocenters. The lowest BCUT2D eigenvalue weighted by Crippen LogP contribution is -2.32. The Labute approximate surface area is 112 Å². The van der Waals surface area contributed by atoms with Crippen LogP contribution in [0.2, 0.25) is 0 Å². The van der Waals surface area contributed by atoms with Crippen LogP contribution in [0.3, 0.4) is 0 Å². The summed E-state index contributed by atoms with van der Waals surface area (Å²) in [5.41, 5.74) is 5.21. The Morgan fingerprint density at radius 3 is 2.00 bits per heavy atom. The molecule has 7 nitrogen and oxygen atoms in total. The van der Waals surface area contributed by atoms with Crippen LogP contribution in [-0.4, -0.2) is 36.2 Å². The molecule has 0 spiro atoms. The Balaban J connectivity index is 0. The number of nitrogens with one attached hydrogen (secondary N) is 1. The Morgan fingerprint density at radius 2 is 1.74 bits per heavy atom. The Hall–Kier alpha value is -2.31. The topological polar surface area (TPSA) is 119 Å². The minimum absolute atomic E-state index is 0.0220. The summed E-state index contributed by atoms with van der Waals surface area (Å²) in [7, 11) is 0. The van der Waals surface area contributed by atoms with Gasteiger partial charge in [-0.25, -0.2) is 14.4 Å². The summed E-state index contributed by atoms with van der Waals surface area (Å²) < 4.78 is 4.61. The number of carbonyl (C=O) groups is 3. The van der Waals surface area contributed by atoms with Crippen LogP contribution < -0.4 is 11.1 Å². The van der Waals surface area contributed by atoms with Crippen molar-refractivity contribution in [3.05, 3.63) is 24.3 Å². The van der Waals surface area contributed by atoms with Gasteiger partial charge in [-0.05, 0) is 13.3 Å². The van der Waals surface area contributed by atoms with Gasteiger partial charge in [0.2, 0.25) is 0 Å². The number of carbonyl (C=O) groups excluding carboxylic acids is 2. The first-order valence-corrected chi connectivity index (χ1v) is 5.55. The number of esters is 1. The van der Waals surface area contributed by atoms with Gasteiger partial charge >= 0.3 is 18.0 Å². The van der Waals surface area contributed by atoms with Gasteiger partial charge in [-0.15, -0.1) is 0 Å². The molecule has 0 aromatic heterocycles. The van der Waals surface area contributed by atoms with E-state index in [-0.39, 0.29) is 24.3 Å². The van der Waals surface area contributed by atoms with E-state index in [4.69, 9.17) is 10.8 Å². The zero-order chi connectivity index (χ0) is 15.4. The number of amides is 2. The van der Waals surface area contributed by atoms with E-state index < -0.39 is 18.0 Å². The van der Waals surface area contributed by atoms with E-state index in [1.165, 1.54) is 0 Å². The Morgan fingerprint density at radius 1 is 1.21 bits per heavy atom. The van der Waals surface area contributed by atoms with Crippen LogP contribution in [0.5, 0.6) is 0 Å². The molecule has 0 aliphatic heterocycles. The minimum atomic E-state index is -0.900. The number of nitrogens with two attached hydrogens (primary N) is 1. The molecule has 0 rings (SSSR count). The fourth-order valence-corrected chi connectivity index (χ4v) is 0.650. The van der Waals surface area contributed by atoms with Crippen molar-refractivity contribution in [2.75, 3.05) is 13.2 Å². The van der Waals surface area contributed by atoms with Gasteiger partial charge in [0.1, 0.15) is 0 Å². The number of rotatable bonds is 6. The monoisotopic (exact) mass is 272 g/mol. The lowest BCUT2D eigenvalue weighted by atomic mass is 10.2. The van der Waals surface area contributed by atoms with Gasteiger partial charge in [0.05, 0.1) is 13.2 Å². The van der Waals surface area contributed by atoms with Crippen LogP contribution in [0.1, 0.15) is 20.3 Å². The number of carboxylic acid groups (broad SMARTS) is 1. The zero-order valence-electron chi connectivity index (χ0n) is 11.2. The van der Waals surface area contributed by atoms with Gasteiger partial charge in [-0.1, -0.05) is 20.1 Å². The maximum absolute atomic E-state index is 10.8. The van der Waals surface area contributed by atoms with Gasteiger partial charge in [0.25, 0.3) is 0 Å². The first-order valence-electron chi connectivity index (χ1n) is 5.55. The predicted molar refractivity (Wildman–Crippen MR) is 70.4 cm³/mol. The SMILES string of the molecule is C=C(CC)C(=O)O.C=C(CNC(N)=O)C(=O)OCC. The van der Waals surface area contributed by atoms with Crippen molar-refractivity contribution in [1.82, 2.24) is 5.32 Å². The first-order chi connectivity index (χ1) is 8.76. The van der Waals surface area contributed by atoms with E-state index >= 15 is 0 Å². The predicted octanol–water partition coefficient (Wildman–Crippen LogP) is 0.811. The second kappa shape index (κ2) is 10.8. The number of ether oxygens (including phenoxy) is 1. The molecule has 0 heterocycles. The molecule has 0 fully saturated rings. The summed E-state index contributed by atoms with van der Waals surface area (Å²) in [6.07, 6.45) is 0.523. The van der Waals surface area contributed by atoms with Gasteiger partial charge in [0, 0.05) is 11.1 Å². The molecule has 0 aliphatic rings. The molecule has 0 bridgehead atoms. The fraction of sp³-hybridized carbons (Fsp3) is 0.417. The maximum atomic E-state index is 10.8. The van der Waals surface area contributed by atoms with E-state index in [1.54, 1.807) is 13.8 Å². The second-order valence-corrected chi connectivity index (χ2v) is 3.30. The summed E-state index contributed by atoms with van der Waals surface area (Å²) >= 11 is 0. The number of aliphatic carboxylic acids is 1. The molecule has 0 saturated carbocycles. The molecule has 0 aromatic carbocycles. The minimum Gasteiger partial charge on any atom is -0.478 e. The molecule has 0 atom stereocenters. The van der Waals surface area contributed by atoms with Crippen molar-refractivity contribution in [2.45, 2.75) is 20.3 Å². The molecule has 4 N–H and O–H groups in total. The fourth-order valence-electron chi connectivity index (χ4n) is 0.650. The normalized spacial score (nSPS) is 8.53. The van der Waals surface area contributed by atoms with Crippen molar-refractivity contribution in [2.24, 2.45) is 5.73 Å². The summed E-state index contributed by atoms with van der Waals surface area (Å²) in [6.45, 7) is 10.4. The highest BCUT2D eigenvalue weighted by Crippen LogP contribution is 1.93. The molecule has 108 valence electrons. The largest absolute Gasteiger partial charge is 0.478 e. The summed E-state index contributed by atoms with van der Waals surface area (Å²) in [5, 5.41) is 10.3. The highest BCUT2D eigenvalue weighted by atomic mass is 16.5. The van der Waals surface area contributed by atoms with Gasteiger partial charge in [-0.3, -0.25) is 0 Å². The number of hydrogen-bond donors (Lipinski definition) is 3. The molecule has 2 amide bonds. The highest BCUT2D eigenvalue weighted by Gasteiger charge is 2.07. The van der Waals surface area contributed by atoms with Crippen LogP contribution >= 0.6 is 0 Å². The van der Waals surface area contributed by atoms with Gasteiger partial charge < -0.3 is 20.9 Å².